The smallest absolute Gasteiger partial charge is 0.335 e. The Morgan fingerprint density at radius 3 is 2.61 bits per heavy atom. The molecular formula is C26H19ClN4O6S. The number of rotatable bonds is 8. The third-order valence-corrected chi connectivity index (χ3v) is 6.87. The van der Waals surface area contributed by atoms with Gasteiger partial charge in [0.15, 0.2) is 0 Å². The van der Waals surface area contributed by atoms with E-state index in [9.17, 15) is 24.6 Å². The minimum absolute atomic E-state index is 0.0516. The number of nitrogens with one attached hydrogen (secondary N) is 1. The predicted molar refractivity (Wildman–Crippen MR) is 141 cm³/mol. The largest absolute Gasteiger partial charge is 0.507 e. The summed E-state index contributed by atoms with van der Waals surface area (Å²) < 4.78 is 8.32. The van der Waals surface area contributed by atoms with Crippen molar-refractivity contribution in [1.82, 2.24) is 14.3 Å². The molecule has 1 aromatic carbocycles. The topological polar surface area (TPSA) is 140 Å². The average molecular weight is 551 g/mol. The number of carbonyl (C=O) groups excluding carboxylic acids is 1. The highest BCUT2D eigenvalue weighted by molar-refractivity contribution is 7.16. The molecule has 0 radical (unpaired) electrons. The zero-order chi connectivity index (χ0) is 26.8. The zero-order valence-corrected chi connectivity index (χ0v) is 21.1. The quantitative estimate of drug-likeness (QED) is 0.251. The summed E-state index contributed by atoms with van der Waals surface area (Å²) in [6.07, 6.45) is 2.93. The molecule has 5 rings (SSSR count). The summed E-state index contributed by atoms with van der Waals surface area (Å²) in [7, 11) is 0. The van der Waals surface area contributed by atoms with E-state index in [1.165, 1.54) is 64.8 Å². The van der Waals surface area contributed by atoms with Gasteiger partial charge in [0.05, 0.1) is 29.3 Å². The maximum Gasteiger partial charge on any atom is 0.335 e. The Labute approximate surface area is 224 Å². The molecule has 4 aromatic heterocycles. The molecule has 3 N–H and O–H groups in total. The molecule has 0 unspecified atom stereocenters. The number of nitrogens with zero attached hydrogens (tertiary/aromatic N) is 3. The molecule has 0 aliphatic carbocycles. The van der Waals surface area contributed by atoms with Crippen LogP contribution in [0.5, 0.6) is 5.75 Å². The lowest BCUT2D eigenvalue weighted by Crippen LogP contribution is -2.22. The van der Waals surface area contributed by atoms with Crippen LogP contribution in [0.2, 0.25) is 4.34 Å². The second-order valence-electron chi connectivity index (χ2n) is 8.17. The number of carboxylic acid groups (broad SMARTS) is 1. The van der Waals surface area contributed by atoms with E-state index in [0.29, 0.717) is 16.6 Å². The number of carboxylic acids is 1. The number of pyridine rings is 1. The molecule has 0 spiro atoms. The van der Waals surface area contributed by atoms with E-state index >= 15 is 0 Å². The number of benzene rings is 1. The van der Waals surface area contributed by atoms with Crippen LogP contribution < -0.4 is 10.9 Å². The number of aromatic carboxylic acids is 1. The lowest BCUT2D eigenvalue weighted by atomic mass is 10.1. The van der Waals surface area contributed by atoms with Crippen LogP contribution in [0, 0.1) is 0 Å². The number of hydrogen-bond acceptors (Lipinski definition) is 8. The van der Waals surface area contributed by atoms with Gasteiger partial charge in [0, 0.05) is 22.7 Å². The molecule has 192 valence electrons. The minimum Gasteiger partial charge on any atom is -0.507 e. The van der Waals surface area contributed by atoms with Gasteiger partial charge < -0.3 is 24.5 Å². The van der Waals surface area contributed by atoms with Crippen molar-refractivity contribution in [2.24, 2.45) is 0 Å². The molecule has 5 aromatic rings. The number of furan rings is 1. The number of aromatic hydroxyl groups is 1. The second kappa shape index (κ2) is 10.4. The molecule has 0 aliphatic heterocycles. The monoisotopic (exact) mass is 550 g/mol. The summed E-state index contributed by atoms with van der Waals surface area (Å²) >= 11 is 7.38. The van der Waals surface area contributed by atoms with Crippen LogP contribution in [0.3, 0.4) is 0 Å². The molecule has 12 heteroatoms. The van der Waals surface area contributed by atoms with Gasteiger partial charge in [-0.25, -0.2) is 4.79 Å². The summed E-state index contributed by atoms with van der Waals surface area (Å²) in [6.45, 7) is 0.430. The maximum absolute atomic E-state index is 13.4. The van der Waals surface area contributed by atoms with Crippen molar-refractivity contribution in [3.8, 4) is 17.0 Å². The average Bonchev–Trinajstić information content (AvgIpc) is 3.66. The third kappa shape index (κ3) is 5.10. The molecule has 0 saturated carbocycles. The molecule has 0 saturated heterocycles. The second-order valence-corrected chi connectivity index (χ2v) is 9.97. The number of anilines is 1. The fourth-order valence-corrected chi connectivity index (χ4v) is 4.84. The zero-order valence-electron chi connectivity index (χ0n) is 19.5. The Morgan fingerprint density at radius 1 is 1.08 bits per heavy atom. The van der Waals surface area contributed by atoms with Crippen molar-refractivity contribution in [2.75, 3.05) is 5.32 Å². The van der Waals surface area contributed by atoms with Crippen molar-refractivity contribution in [2.45, 2.75) is 13.1 Å². The predicted octanol–water partition coefficient (Wildman–Crippen LogP) is 4.77. The van der Waals surface area contributed by atoms with E-state index in [0.717, 1.165) is 9.56 Å². The van der Waals surface area contributed by atoms with Gasteiger partial charge in [-0.05, 0) is 48.5 Å². The fraction of sp³-hybridized carbons (Fsp3) is 0.0769. The first-order valence-electron chi connectivity index (χ1n) is 11.2. The molecule has 0 fully saturated rings. The molecule has 0 aliphatic rings. The van der Waals surface area contributed by atoms with E-state index < -0.39 is 17.4 Å². The van der Waals surface area contributed by atoms with Crippen LogP contribution >= 0.6 is 22.9 Å². The van der Waals surface area contributed by atoms with Crippen LogP contribution in [-0.4, -0.2) is 36.4 Å². The van der Waals surface area contributed by atoms with E-state index in [1.54, 1.807) is 18.2 Å². The van der Waals surface area contributed by atoms with Gasteiger partial charge >= 0.3 is 5.97 Å². The Balaban J connectivity index is 1.57. The molecule has 4 heterocycles. The van der Waals surface area contributed by atoms with E-state index in [4.69, 9.17) is 16.0 Å². The Kier molecular flexibility index (Phi) is 6.86. The molecule has 10 nitrogen and oxygen atoms in total. The maximum atomic E-state index is 13.4. The summed E-state index contributed by atoms with van der Waals surface area (Å²) in [4.78, 5) is 39.1. The van der Waals surface area contributed by atoms with Crippen LogP contribution in [0.15, 0.2) is 82.3 Å². The van der Waals surface area contributed by atoms with Crippen LogP contribution in [0.25, 0.3) is 11.3 Å². The van der Waals surface area contributed by atoms with Gasteiger partial charge in [0.25, 0.3) is 11.5 Å². The first-order valence-corrected chi connectivity index (χ1v) is 12.4. The first-order chi connectivity index (χ1) is 18.3. The number of halogens is 1. The minimum atomic E-state index is -1.18. The number of thiophene rings is 1. The van der Waals surface area contributed by atoms with Crippen LogP contribution in [0.4, 0.5) is 5.82 Å². The Hall–Kier alpha value is -4.61. The molecule has 0 bridgehead atoms. The van der Waals surface area contributed by atoms with Crippen molar-refractivity contribution < 1.29 is 24.2 Å². The van der Waals surface area contributed by atoms with E-state index in [-0.39, 0.29) is 40.5 Å². The molecule has 0 atom stereocenters. The molecular weight excluding hydrogens is 532 g/mol. The lowest BCUT2D eigenvalue weighted by Gasteiger charge is -2.08. The van der Waals surface area contributed by atoms with Gasteiger partial charge in [-0.1, -0.05) is 17.7 Å². The highest BCUT2D eigenvalue weighted by Gasteiger charge is 2.22. The summed E-state index contributed by atoms with van der Waals surface area (Å²) in [5, 5.41) is 27.4. The first kappa shape index (κ1) is 25.1. The summed E-state index contributed by atoms with van der Waals surface area (Å²) in [5.41, 5.74) is -0.576. The molecule has 38 heavy (non-hydrogen) atoms. The fourth-order valence-electron chi connectivity index (χ4n) is 3.82. The normalized spacial score (nSPS) is 11.0. The van der Waals surface area contributed by atoms with Crippen LogP contribution in [-0.2, 0) is 13.1 Å². The molecule has 0 amide bonds. The van der Waals surface area contributed by atoms with Gasteiger partial charge in [-0.2, -0.15) is 9.78 Å². The van der Waals surface area contributed by atoms with Gasteiger partial charge in [0.2, 0.25) is 0 Å². The van der Waals surface area contributed by atoms with Crippen molar-refractivity contribution >= 4 is 40.6 Å². The standard InChI is InChI=1S/C26H19ClN4O6S/c27-21-7-6-18(38-21)13-28-22-12-19(29-31(22)24(33)15-3-1-4-16(11-15)26(35)36)23-20(32)8-9-30(25(23)34)14-17-5-2-10-37-17/h1-12,28,32H,13-14H2,(H,35,36). The van der Waals surface area contributed by atoms with Crippen molar-refractivity contribution in [3.05, 3.63) is 110 Å². The number of hydrogen-bond donors (Lipinski definition) is 3. The van der Waals surface area contributed by atoms with Crippen molar-refractivity contribution in [3.63, 3.8) is 0 Å². The Bertz CT molecular complexity index is 1700. The van der Waals surface area contributed by atoms with Gasteiger partial charge in [-0.15, -0.1) is 11.3 Å². The number of aromatic nitrogens is 3. The van der Waals surface area contributed by atoms with E-state index in [2.05, 4.69) is 10.4 Å². The highest BCUT2D eigenvalue weighted by atomic mass is 35.5. The van der Waals surface area contributed by atoms with E-state index in [1.807, 2.05) is 6.07 Å². The Morgan fingerprint density at radius 2 is 1.89 bits per heavy atom. The highest BCUT2D eigenvalue weighted by Crippen LogP contribution is 2.29. The third-order valence-electron chi connectivity index (χ3n) is 5.64. The number of carbonyl (C=O) groups is 2. The van der Waals surface area contributed by atoms with Gasteiger partial charge in [0.1, 0.15) is 28.6 Å². The van der Waals surface area contributed by atoms with Crippen molar-refractivity contribution in [1.29, 1.82) is 0 Å². The van der Waals surface area contributed by atoms with Crippen LogP contribution in [0.1, 0.15) is 31.4 Å². The SMILES string of the molecule is O=C(O)c1cccc(C(=O)n2nc(-c3c(O)ccn(Cc4ccco4)c3=O)cc2NCc2ccc(Cl)s2)c1. The lowest BCUT2D eigenvalue weighted by molar-refractivity contribution is 0.0697. The summed E-state index contributed by atoms with van der Waals surface area (Å²) in [5.74, 6) is -1.35. The van der Waals surface area contributed by atoms with Gasteiger partial charge in [-0.3, -0.25) is 9.59 Å². The summed E-state index contributed by atoms with van der Waals surface area (Å²) in [6, 6.07) is 15.4.